The first-order valence-corrected chi connectivity index (χ1v) is 8.70. The fourth-order valence-electron chi connectivity index (χ4n) is 2.86. The van der Waals surface area contributed by atoms with Gasteiger partial charge in [-0.1, -0.05) is 19.1 Å². The van der Waals surface area contributed by atoms with Gasteiger partial charge in [-0.25, -0.2) is 0 Å². The molecule has 0 saturated carbocycles. The van der Waals surface area contributed by atoms with E-state index in [9.17, 15) is 18.0 Å². The Bertz CT molecular complexity index is 557. The Hall–Kier alpha value is -1.76. The number of hydrogen-bond donors (Lipinski definition) is 2. The number of para-hydroxylation sites is 1. The molecule has 1 saturated heterocycles. The van der Waals surface area contributed by atoms with Gasteiger partial charge in [0, 0.05) is 6.42 Å². The average Bonchev–Trinajstić information content (AvgIpc) is 3.09. The van der Waals surface area contributed by atoms with Gasteiger partial charge in [0.15, 0.2) is 0 Å². The Balaban J connectivity index is 1.83. The normalized spacial score (nSPS) is 18.8. The van der Waals surface area contributed by atoms with Gasteiger partial charge >= 0.3 is 6.18 Å². The summed E-state index contributed by atoms with van der Waals surface area (Å²) < 4.78 is 44.5. The van der Waals surface area contributed by atoms with Crippen LogP contribution in [0.25, 0.3) is 0 Å². The zero-order valence-corrected chi connectivity index (χ0v) is 14.4. The molecule has 25 heavy (non-hydrogen) atoms. The highest BCUT2D eigenvalue weighted by Gasteiger charge is 2.34. The molecule has 0 radical (unpaired) electrons. The number of alkyl halides is 3. The van der Waals surface area contributed by atoms with Gasteiger partial charge in [-0.05, 0) is 50.4 Å². The maximum Gasteiger partial charge on any atom is 0.419 e. The van der Waals surface area contributed by atoms with Gasteiger partial charge in [0.1, 0.15) is 11.9 Å². The number of ether oxygens (including phenoxy) is 1. The van der Waals surface area contributed by atoms with E-state index in [2.05, 4.69) is 10.6 Å². The van der Waals surface area contributed by atoms with Gasteiger partial charge in [0.05, 0.1) is 12.1 Å². The quantitative estimate of drug-likeness (QED) is 0.749. The van der Waals surface area contributed by atoms with Gasteiger partial charge in [-0.3, -0.25) is 4.79 Å². The van der Waals surface area contributed by atoms with Crippen LogP contribution < -0.4 is 15.4 Å². The van der Waals surface area contributed by atoms with Crippen LogP contribution in [0.4, 0.5) is 13.2 Å². The summed E-state index contributed by atoms with van der Waals surface area (Å²) in [5, 5.41) is 6.03. The molecule has 1 heterocycles. The molecule has 1 aliphatic rings. The van der Waals surface area contributed by atoms with Crippen molar-refractivity contribution in [3.05, 3.63) is 29.8 Å². The van der Waals surface area contributed by atoms with Crippen LogP contribution in [0.5, 0.6) is 5.75 Å². The lowest BCUT2D eigenvalue weighted by Crippen LogP contribution is -2.35. The number of amides is 1. The van der Waals surface area contributed by atoms with Crippen molar-refractivity contribution in [2.45, 2.75) is 44.9 Å². The number of benzene rings is 1. The minimum absolute atomic E-state index is 0.0851. The largest absolute Gasteiger partial charge is 0.488 e. The number of halogens is 3. The Morgan fingerprint density at radius 2 is 2.16 bits per heavy atom. The van der Waals surface area contributed by atoms with Gasteiger partial charge in [-0.15, -0.1) is 0 Å². The molecule has 0 aliphatic carbocycles. The molecule has 1 aromatic rings. The van der Waals surface area contributed by atoms with E-state index in [0.717, 1.165) is 32.0 Å². The van der Waals surface area contributed by atoms with Crippen LogP contribution >= 0.6 is 0 Å². The zero-order valence-electron chi connectivity index (χ0n) is 14.4. The SMILES string of the molecule is CCC(CNC(=O)CCC1CCNC1)Oc1ccccc1C(F)(F)F. The van der Waals surface area contributed by atoms with Gasteiger partial charge < -0.3 is 15.4 Å². The Morgan fingerprint density at radius 1 is 1.40 bits per heavy atom. The lowest BCUT2D eigenvalue weighted by atomic mass is 10.0. The second kappa shape index (κ2) is 9.08. The zero-order chi connectivity index (χ0) is 18.3. The molecule has 4 nitrogen and oxygen atoms in total. The second-order valence-corrected chi connectivity index (χ2v) is 6.34. The molecular weight excluding hydrogens is 333 g/mol. The summed E-state index contributed by atoms with van der Waals surface area (Å²) in [4.78, 5) is 11.9. The lowest BCUT2D eigenvalue weighted by Gasteiger charge is -2.21. The summed E-state index contributed by atoms with van der Waals surface area (Å²) in [6.07, 6.45) is -2.12. The molecular formula is C18H25F3N2O2. The summed E-state index contributed by atoms with van der Waals surface area (Å²) >= 11 is 0. The maximum absolute atomic E-state index is 13.0. The smallest absolute Gasteiger partial charge is 0.419 e. The predicted octanol–water partition coefficient (Wildman–Crippen LogP) is 3.37. The predicted molar refractivity (Wildman–Crippen MR) is 89.4 cm³/mol. The Labute approximate surface area is 146 Å². The van der Waals surface area contributed by atoms with Crippen molar-refractivity contribution in [2.24, 2.45) is 5.92 Å². The third-order valence-electron chi connectivity index (χ3n) is 4.41. The first kappa shape index (κ1) is 19.6. The molecule has 1 aromatic carbocycles. The van der Waals surface area contributed by atoms with Gasteiger partial charge in [0.25, 0.3) is 0 Å². The van der Waals surface area contributed by atoms with Gasteiger partial charge in [-0.2, -0.15) is 13.2 Å². The van der Waals surface area contributed by atoms with E-state index in [1.54, 1.807) is 0 Å². The van der Waals surface area contributed by atoms with E-state index in [4.69, 9.17) is 4.74 Å². The van der Waals surface area contributed by atoms with E-state index in [0.29, 0.717) is 18.8 Å². The molecule has 140 valence electrons. The van der Waals surface area contributed by atoms with Crippen molar-refractivity contribution in [3.8, 4) is 5.75 Å². The Morgan fingerprint density at radius 3 is 2.80 bits per heavy atom. The van der Waals surface area contributed by atoms with Crippen LogP contribution in [-0.2, 0) is 11.0 Å². The molecule has 0 spiro atoms. The summed E-state index contributed by atoms with van der Waals surface area (Å²) in [5.74, 6) is 0.244. The van der Waals surface area contributed by atoms with E-state index in [1.807, 2.05) is 6.92 Å². The number of rotatable bonds is 8. The first-order chi connectivity index (χ1) is 11.9. The van der Waals surface area contributed by atoms with Gasteiger partial charge in [0.2, 0.25) is 5.91 Å². The number of hydrogen-bond acceptors (Lipinski definition) is 3. The van der Waals surface area contributed by atoms with Crippen molar-refractivity contribution < 1.29 is 22.7 Å². The molecule has 2 N–H and O–H groups in total. The topological polar surface area (TPSA) is 50.4 Å². The minimum atomic E-state index is -4.46. The van der Waals surface area contributed by atoms with Crippen LogP contribution in [0.15, 0.2) is 24.3 Å². The van der Waals surface area contributed by atoms with Crippen molar-refractivity contribution in [1.82, 2.24) is 10.6 Å². The van der Waals surface area contributed by atoms with Crippen molar-refractivity contribution in [3.63, 3.8) is 0 Å². The molecule has 2 atom stereocenters. The van der Waals surface area contributed by atoms with Crippen LogP contribution in [0.2, 0.25) is 0 Å². The number of carbonyl (C=O) groups is 1. The van der Waals surface area contributed by atoms with E-state index < -0.39 is 17.8 Å². The summed E-state index contributed by atoms with van der Waals surface area (Å²) in [6, 6.07) is 5.14. The van der Waals surface area contributed by atoms with Crippen LogP contribution in [0, 0.1) is 5.92 Å². The third kappa shape index (κ3) is 6.23. The highest BCUT2D eigenvalue weighted by Crippen LogP contribution is 2.36. The molecule has 1 amide bonds. The van der Waals surface area contributed by atoms with Crippen LogP contribution in [0.3, 0.4) is 0 Å². The third-order valence-corrected chi connectivity index (χ3v) is 4.41. The minimum Gasteiger partial charge on any atom is -0.488 e. The number of nitrogens with one attached hydrogen (secondary N) is 2. The highest BCUT2D eigenvalue weighted by atomic mass is 19.4. The lowest BCUT2D eigenvalue weighted by molar-refractivity contribution is -0.139. The van der Waals surface area contributed by atoms with Crippen molar-refractivity contribution >= 4 is 5.91 Å². The molecule has 0 bridgehead atoms. The monoisotopic (exact) mass is 358 g/mol. The molecule has 1 aliphatic heterocycles. The Kier molecular flexibility index (Phi) is 7.11. The van der Waals surface area contributed by atoms with Crippen molar-refractivity contribution in [2.75, 3.05) is 19.6 Å². The molecule has 1 fully saturated rings. The van der Waals surface area contributed by atoms with Crippen LogP contribution in [0.1, 0.15) is 38.2 Å². The first-order valence-electron chi connectivity index (χ1n) is 8.70. The summed E-state index contributed by atoms with van der Waals surface area (Å²) in [6.45, 7) is 3.96. The van der Waals surface area contributed by atoms with E-state index >= 15 is 0 Å². The fraction of sp³-hybridized carbons (Fsp3) is 0.611. The van der Waals surface area contributed by atoms with E-state index in [-0.39, 0.29) is 18.2 Å². The summed E-state index contributed by atoms with van der Waals surface area (Å²) in [7, 11) is 0. The van der Waals surface area contributed by atoms with Crippen LogP contribution in [-0.4, -0.2) is 31.6 Å². The number of carbonyl (C=O) groups excluding carboxylic acids is 1. The molecule has 2 rings (SSSR count). The molecule has 0 aromatic heterocycles. The molecule has 2 unspecified atom stereocenters. The fourth-order valence-corrected chi connectivity index (χ4v) is 2.86. The standard InChI is InChI=1S/C18H25F3N2O2/c1-2-14(12-23-17(24)8-7-13-9-10-22-11-13)25-16-6-4-3-5-15(16)18(19,20)21/h3-6,13-14,22H,2,7-12H2,1H3,(H,23,24). The maximum atomic E-state index is 13.0. The van der Waals surface area contributed by atoms with Crippen molar-refractivity contribution in [1.29, 1.82) is 0 Å². The van der Waals surface area contributed by atoms with E-state index in [1.165, 1.54) is 18.2 Å². The summed E-state index contributed by atoms with van der Waals surface area (Å²) in [5.41, 5.74) is -0.798. The highest BCUT2D eigenvalue weighted by molar-refractivity contribution is 5.75. The average molecular weight is 358 g/mol. The molecule has 7 heteroatoms. The second-order valence-electron chi connectivity index (χ2n) is 6.34.